The van der Waals surface area contributed by atoms with Crippen LogP contribution in [0.5, 0.6) is 0 Å². The maximum Gasteiger partial charge on any atom is 0.158 e. The fourth-order valence-corrected chi connectivity index (χ4v) is 1.63. The lowest BCUT2D eigenvalue weighted by molar-refractivity contribution is 0.0857. The minimum Gasteiger partial charge on any atom is -0.387 e. The number of halogens is 1. The number of nitrogens with two attached hydrogens (primary N) is 1. The Morgan fingerprint density at radius 3 is 3.07 bits per heavy atom. The standard InChI is InChI=1S/C10H11ClN2O/c11-8-3-1-2-7(4-8)10-5-9(6-12)13-14-10/h1-4,10H,5-6,12H2. The van der Waals surface area contributed by atoms with Gasteiger partial charge in [0.25, 0.3) is 0 Å². The fraction of sp³-hybridized carbons (Fsp3) is 0.300. The first-order chi connectivity index (χ1) is 6.79. The molecule has 1 aromatic rings. The molecule has 74 valence electrons. The third kappa shape index (κ3) is 1.89. The summed E-state index contributed by atoms with van der Waals surface area (Å²) in [5.74, 6) is 0. The van der Waals surface area contributed by atoms with Gasteiger partial charge in [-0.15, -0.1) is 0 Å². The van der Waals surface area contributed by atoms with Gasteiger partial charge in [0.1, 0.15) is 0 Å². The molecule has 2 rings (SSSR count). The number of nitrogens with zero attached hydrogens (tertiary/aromatic N) is 1. The fourth-order valence-electron chi connectivity index (χ4n) is 1.43. The zero-order valence-corrected chi connectivity index (χ0v) is 8.37. The summed E-state index contributed by atoms with van der Waals surface area (Å²) in [6.07, 6.45) is 0.740. The maximum absolute atomic E-state index is 5.88. The highest BCUT2D eigenvalue weighted by atomic mass is 35.5. The lowest BCUT2D eigenvalue weighted by atomic mass is 10.0. The Balaban J connectivity index is 2.12. The summed E-state index contributed by atoms with van der Waals surface area (Å²) >= 11 is 5.88. The second-order valence-electron chi connectivity index (χ2n) is 3.21. The molecule has 4 heteroatoms. The molecule has 0 fully saturated rings. The van der Waals surface area contributed by atoms with Gasteiger partial charge in [-0.3, -0.25) is 0 Å². The van der Waals surface area contributed by atoms with Crippen molar-refractivity contribution in [3.63, 3.8) is 0 Å². The Bertz CT molecular complexity index is 365. The van der Waals surface area contributed by atoms with Crippen LogP contribution in [-0.4, -0.2) is 12.3 Å². The van der Waals surface area contributed by atoms with E-state index in [1.54, 1.807) is 0 Å². The second kappa shape index (κ2) is 3.98. The van der Waals surface area contributed by atoms with Crippen LogP contribution in [0.3, 0.4) is 0 Å². The van der Waals surface area contributed by atoms with Gasteiger partial charge in [0.05, 0.1) is 5.71 Å². The van der Waals surface area contributed by atoms with Crippen molar-refractivity contribution < 1.29 is 4.84 Å². The largest absolute Gasteiger partial charge is 0.387 e. The molecule has 0 radical (unpaired) electrons. The Labute approximate surface area is 87.5 Å². The molecule has 3 nitrogen and oxygen atoms in total. The predicted octanol–water partition coefficient (Wildman–Crippen LogP) is 2.12. The van der Waals surface area contributed by atoms with E-state index in [9.17, 15) is 0 Å². The Morgan fingerprint density at radius 2 is 2.43 bits per heavy atom. The number of hydrogen-bond donors (Lipinski definition) is 1. The van der Waals surface area contributed by atoms with E-state index in [-0.39, 0.29) is 6.10 Å². The van der Waals surface area contributed by atoms with Gasteiger partial charge in [0, 0.05) is 18.0 Å². The van der Waals surface area contributed by atoms with E-state index in [2.05, 4.69) is 5.16 Å². The van der Waals surface area contributed by atoms with Crippen molar-refractivity contribution in [1.82, 2.24) is 0 Å². The number of oxime groups is 1. The monoisotopic (exact) mass is 210 g/mol. The summed E-state index contributed by atoms with van der Waals surface area (Å²) in [4.78, 5) is 5.25. The first-order valence-electron chi connectivity index (χ1n) is 4.46. The molecule has 0 spiro atoms. The molecule has 1 heterocycles. The van der Waals surface area contributed by atoms with Crippen LogP contribution in [0.25, 0.3) is 0 Å². The minimum atomic E-state index is -0.0211. The summed E-state index contributed by atoms with van der Waals surface area (Å²) in [6, 6.07) is 7.61. The molecule has 1 aromatic carbocycles. The van der Waals surface area contributed by atoms with E-state index in [1.165, 1.54) is 0 Å². The highest BCUT2D eigenvalue weighted by molar-refractivity contribution is 6.30. The molecule has 1 atom stereocenters. The van der Waals surface area contributed by atoms with E-state index < -0.39 is 0 Å². The zero-order chi connectivity index (χ0) is 9.97. The van der Waals surface area contributed by atoms with Crippen molar-refractivity contribution in [2.24, 2.45) is 10.9 Å². The number of hydrogen-bond acceptors (Lipinski definition) is 3. The van der Waals surface area contributed by atoms with Crippen LogP contribution in [-0.2, 0) is 4.84 Å². The molecule has 0 amide bonds. The normalized spacial score (nSPS) is 20.4. The molecule has 14 heavy (non-hydrogen) atoms. The van der Waals surface area contributed by atoms with Crippen LogP contribution >= 0.6 is 11.6 Å². The topological polar surface area (TPSA) is 47.6 Å². The zero-order valence-electron chi connectivity index (χ0n) is 7.61. The third-order valence-electron chi connectivity index (χ3n) is 2.19. The van der Waals surface area contributed by atoms with Gasteiger partial charge in [-0.2, -0.15) is 0 Å². The SMILES string of the molecule is NCC1=NOC(c2cccc(Cl)c2)C1. The molecule has 0 aromatic heterocycles. The average Bonchev–Trinajstić information content (AvgIpc) is 2.66. The van der Waals surface area contributed by atoms with Crippen molar-refractivity contribution in [1.29, 1.82) is 0 Å². The van der Waals surface area contributed by atoms with Crippen molar-refractivity contribution in [3.8, 4) is 0 Å². The molecule has 0 aliphatic carbocycles. The van der Waals surface area contributed by atoms with E-state index in [0.717, 1.165) is 17.7 Å². The van der Waals surface area contributed by atoms with Gasteiger partial charge in [-0.05, 0) is 17.7 Å². The second-order valence-corrected chi connectivity index (χ2v) is 3.65. The third-order valence-corrected chi connectivity index (χ3v) is 2.42. The number of benzene rings is 1. The molecular formula is C10H11ClN2O. The van der Waals surface area contributed by atoms with Crippen molar-refractivity contribution >= 4 is 17.3 Å². The van der Waals surface area contributed by atoms with E-state index >= 15 is 0 Å². The number of rotatable bonds is 2. The van der Waals surface area contributed by atoms with Gasteiger partial charge in [0.2, 0.25) is 0 Å². The molecular weight excluding hydrogens is 200 g/mol. The van der Waals surface area contributed by atoms with E-state index in [0.29, 0.717) is 11.6 Å². The lowest BCUT2D eigenvalue weighted by Gasteiger charge is -2.07. The van der Waals surface area contributed by atoms with Crippen LogP contribution in [0.4, 0.5) is 0 Å². The molecule has 0 bridgehead atoms. The quantitative estimate of drug-likeness (QED) is 0.813. The van der Waals surface area contributed by atoms with Crippen molar-refractivity contribution in [2.45, 2.75) is 12.5 Å². The molecule has 1 aliphatic heterocycles. The first kappa shape index (κ1) is 9.49. The van der Waals surface area contributed by atoms with Crippen LogP contribution in [0, 0.1) is 0 Å². The molecule has 2 N–H and O–H groups in total. The molecule has 1 unspecified atom stereocenters. The molecule has 0 saturated carbocycles. The van der Waals surface area contributed by atoms with Crippen LogP contribution in [0.2, 0.25) is 5.02 Å². The molecule has 0 saturated heterocycles. The Hall–Kier alpha value is -1.06. The first-order valence-corrected chi connectivity index (χ1v) is 4.84. The smallest absolute Gasteiger partial charge is 0.158 e. The highest BCUT2D eigenvalue weighted by Gasteiger charge is 2.21. The predicted molar refractivity (Wildman–Crippen MR) is 56.4 cm³/mol. The van der Waals surface area contributed by atoms with Gasteiger partial charge >= 0.3 is 0 Å². The van der Waals surface area contributed by atoms with Crippen molar-refractivity contribution in [2.75, 3.05) is 6.54 Å². The van der Waals surface area contributed by atoms with Crippen LogP contribution in [0.1, 0.15) is 18.1 Å². The summed E-state index contributed by atoms with van der Waals surface area (Å²) in [7, 11) is 0. The summed E-state index contributed by atoms with van der Waals surface area (Å²) in [5.41, 5.74) is 7.41. The van der Waals surface area contributed by atoms with E-state index in [1.807, 2.05) is 24.3 Å². The lowest BCUT2D eigenvalue weighted by Crippen LogP contribution is -2.12. The average molecular weight is 211 g/mol. The van der Waals surface area contributed by atoms with Gasteiger partial charge in [0.15, 0.2) is 6.10 Å². The Kier molecular flexibility index (Phi) is 2.70. The minimum absolute atomic E-state index is 0.0211. The van der Waals surface area contributed by atoms with E-state index in [4.69, 9.17) is 22.2 Å². The molecule has 1 aliphatic rings. The van der Waals surface area contributed by atoms with Gasteiger partial charge in [-0.25, -0.2) is 0 Å². The summed E-state index contributed by atoms with van der Waals surface area (Å²) in [6.45, 7) is 0.455. The Morgan fingerprint density at radius 1 is 1.57 bits per heavy atom. The van der Waals surface area contributed by atoms with Gasteiger partial charge < -0.3 is 10.6 Å². The van der Waals surface area contributed by atoms with Gasteiger partial charge in [-0.1, -0.05) is 28.9 Å². The van der Waals surface area contributed by atoms with Crippen molar-refractivity contribution in [3.05, 3.63) is 34.9 Å². The summed E-state index contributed by atoms with van der Waals surface area (Å²) < 4.78 is 0. The van der Waals surface area contributed by atoms with Crippen LogP contribution in [0.15, 0.2) is 29.4 Å². The maximum atomic E-state index is 5.88. The highest BCUT2D eigenvalue weighted by Crippen LogP contribution is 2.28. The van der Waals surface area contributed by atoms with Crippen LogP contribution < -0.4 is 5.73 Å². The summed E-state index contributed by atoms with van der Waals surface area (Å²) in [5, 5.41) is 4.61.